The number of benzene rings is 3. The lowest BCUT2D eigenvalue weighted by atomic mass is 9.97. The lowest BCUT2D eigenvalue weighted by Gasteiger charge is -2.39. The van der Waals surface area contributed by atoms with Crippen LogP contribution in [0.4, 0.5) is 5.69 Å². The Labute approximate surface area is 239 Å². The zero-order valence-corrected chi connectivity index (χ0v) is 23.6. The summed E-state index contributed by atoms with van der Waals surface area (Å²) in [5.74, 6) is 0.573. The molecule has 0 N–H and O–H groups in total. The molecule has 40 heavy (non-hydrogen) atoms. The monoisotopic (exact) mass is 557 g/mol. The molecule has 8 heteroatoms. The van der Waals surface area contributed by atoms with Crippen LogP contribution in [0, 0.1) is 0 Å². The van der Waals surface area contributed by atoms with Crippen molar-refractivity contribution in [3.63, 3.8) is 0 Å². The van der Waals surface area contributed by atoms with E-state index < -0.39 is 6.04 Å². The molecule has 1 atom stereocenters. The Hall–Kier alpha value is -4.23. The van der Waals surface area contributed by atoms with Crippen LogP contribution in [0.5, 0.6) is 11.5 Å². The van der Waals surface area contributed by atoms with Crippen molar-refractivity contribution in [3.8, 4) is 17.2 Å². The van der Waals surface area contributed by atoms with Gasteiger partial charge in [0.25, 0.3) is 5.91 Å². The molecule has 1 unspecified atom stereocenters. The molecule has 0 bridgehead atoms. The van der Waals surface area contributed by atoms with E-state index in [-0.39, 0.29) is 18.4 Å². The summed E-state index contributed by atoms with van der Waals surface area (Å²) in [6.07, 6.45) is 3.64. The molecular formula is C32H32ClN3O4. The van der Waals surface area contributed by atoms with Crippen LogP contribution in [0.2, 0.25) is 5.02 Å². The smallest absolute Gasteiger partial charge is 0.254 e. The number of rotatable bonds is 9. The average Bonchev–Trinajstić information content (AvgIpc) is 3.47. The number of carbonyl (C=O) groups is 2. The van der Waals surface area contributed by atoms with Gasteiger partial charge in [-0.3, -0.25) is 14.5 Å². The number of ether oxygens (including phenoxy) is 2. The number of halogens is 1. The van der Waals surface area contributed by atoms with E-state index in [4.69, 9.17) is 21.1 Å². The van der Waals surface area contributed by atoms with E-state index >= 15 is 0 Å². The van der Waals surface area contributed by atoms with Crippen LogP contribution < -0.4 is 14.4 Å². The molecule has 2 amide bonds. The maximum absolute atomic E-state index is 14.4. The Morgan fingerprint density at radius 3 is 2.30 bits per heavy atom. The van der Waals surface area contributed by atoms with Crippen molar-refractivity contribution >= 4 is 29.1 Å². The van der Waals surface area contributed by atoms with Crippen LogP contribution in [0.1, 0.15) is 47.4 Å². The summed E-state index contributed by atoms with van der Waals surface area (Å²) in [6.45, 7) is 2.40. The molecule has 3 aromatic carbocycles. The fraction of sp³-hybridized carbons (Fsp3) is 0.250. The highest BCUT2D eigenvalue weighted by molar-refractivity contribution is 6.30. The third-order valence-corrected chi connectivity index (χ3v) is 7.38. The Morgan fingerprint density at radius 2 is 1.62 bits per heavy atom. The number of carbonyl (C=O) groups excluding carboxylic acids is 2. The van der Waals surface area contributed by atoms with E-state index in [0.717, 1.165) is 35.5 Å². The van der Waals surface area contributed by atoms with Crippen LogP contribution in [0.25, 0.3) is 5.69 Å². The quantitative estimate of drug-likeness (QED) is 0.235. The highest BCUT2D eigenvalue weighted by Crippen LogP contribution is 2.42. The predicted molar refractivity (Wildman–Crippen MR) is 157 cm³/mol. The van der Waals surface area contributed by atoms with E-state index in [1.807, 2.05) is 66.9 Å². The minimum absolute atomic E-state index is 0.0928. The fourth-order valence-corrected chi connectivity index (χ4v) is 5.41. The zero-order chi connectivity index (χ0) is 28.2. The molecule has 1 aromatic heterocycles. The van der Waals surface area contributed by atoms with Gasteiger partial charge < -0.3 is 18.9 Å². The lowest BCUT2D eigenvalue weighted by molar-refractivity contribution is -0.119. The van der Waals surface area contributed by atoms with E-state index in [9.17, 15) is 9.59 Å². The van der Waals surface area contributed by atoms with Crippen molar-refractivity contribution in [2.45, 2.75) is 25.8 Å². The summed E-state index contributed by atoms with van der Waals surface area (Å²) in [5.41, 5.74) is 3.90. The predicted octanol–water partition coefficient (Wildman–Crippen LogP) is 6.53. The number of unbranched alkanes of at least 4 members (excludes halogenated alkanes) is 1. The molecule has 0 spiro atoms. The van der Waals surface area contributed by atoms with Gasteiger partial charge in [-0.1, -0.05) is 49.2 Å². The van der Waals surface area contributed by atoms with Gasteiger partial charge in [0.2, 0.25) is 5.91 Å². The molecule has 0 fully saturated rings. The summed E-state index contributed by atoms with van der Waals surface area (Å²) >= 11 is 6.41. The number of anilines is 1. The highest BCUT2D eigenvalue weighted by atomic mass is 35.5. The Morgan fingerprint density at radius 1 is 0.900 bits per heavy atom. The van der Waals surface area contributed by atoms with Crippen molar-refractivity contribution in [1.82, 2.24) is 9.47 Å². The molecule has 4 aromatic rings. The van der Waals surface area contributed by atoms with Gasteiger partial charge in [0.05, 0.1) is 31.3 Å². The normalized spacial score (nSPS) is 13.8. The largest absolute Gasteiger partial charge is 0.497 e. The molecule has 0 aliphatic carbocycles. The number of para-hydroxylation sites is 2. The van der Waals surface area contributed by atoms with Crippen LogP contribution in [0.3, 0.4) is 0 Å². The molecule has 7 nitrogen and oxygen atoms in total. The second-order valence-electron chi connectivity index (χ2n) is 9.69. The van der Waals surface area contributed by atoms with Crippen LogP contribution >= 0.6 is 11.6 Å². The molecule has 0 radical (unpaired) electrons. The topological polar surface area (TPSA) is 64.0 Å². The summed E-state index contributed by atoms with van der Waals surface area (Å²) in [6, 6.07) is 24.0. The maximum Gasteiger partial charge on any atom is 0.254 e. The molecule has 2 heterocycles. The van der Waals surface area contributed by atoms with Gasteiger partial charge >= 0.3 is 0 Å². The van der Waals surface area contributed by atoms with Crippen molar-refractivity contribution < 1.29 is 19.1 Å². The van der Waals surface area contributed by atoms with E-state index in [1.54, 1.807) is 42.2 Å². The van der Waals surface area contributed by atoms with Crippen LogP contribution in [-0.4, -0.2) is 48.6 Å². The first-order valence-electron chi connectivity index (χ1n) is 13.3. The SMILES string of the molecule is CCCCN(CC(=O)N1c2ccccc2-n2cccc2C1c1cccc(Cl)c1)C(=O)c1cc(OC)cc(OC)c1. The van der Waals surface area contributed by atoms with Gasteiger partial charge in [0.1, 0.15) is 24.1 Å². The summed E-state index contributed by atoms with van der Waals surface area (Å²) < 4.78 is 12.9. The number of amides is 2. The number of hydrogen-bond acceptors (Lipinski definition) is 4. The fourth-order valence-electron chi connectivity index (χ4n) is 5.21. The number of aromatic nitrogens is 1. The van der Waals surface area contributed by atoms with Crippen LogP contribution in [0.15, 0.2) is 85.1 Å². The molecule has 0 saturated heterocycles. The highest BCUT2D eigenvalue weighted by Gasteiger charge is 2.37. The van der Waals surface area contributed by atoms with Gasteiger partial charge in [0, 0.05) is 29.4 Å². The van der Waals surface area contributed by atoms with E-state index in [1.165, 1.54) is 0 Å². The number of nitrogens with zero attached hydrogens (tertiary/aromatic N) is 3. The standard InChI is InChI=1S/C32H32ClN3O4/c1-4-5-15-34(32(38)23-18-25(39-2)20-26(19-23)40-3)21-30(37)36-28-13-7-6-12-27(28)35-16-9-14-29(35)31(36)22-10-8-11-24(33)17-22/h6-14,16-20,31H,4-5,15,21H2,1-3H3. The second kappa shape index (κ2) is 11.9. The van der Waals surface area contributed by atoms with Gasteiger partial charge in [-0.15, -0.1) is 0 Å². The molecule has 1 aliphatic heterocycles. The van der Waals surface area contributed by atoms with Crippen molar-refractivity contribution in [2.75, 3.05) is 32.2 Å². The first-order chi connectivity index (χ1) is 19.4. The van der Waals surface area contributed by atoms with Crippen LogP contribution in [-0.2, 0) is 4.79 Å². The van der Waals surface area contributed by atoms with Gasteiger partial charge in [-0.2, -0.15) is 0 Å². The number of fused-ring (bicyclic) bond motifs is 3. The first-order valence-corrected chi connectivity index (χ1v) is 13.7. The number of hydrogen-bond donors (Lipinski definition) is 0. The molecular weight excluding hydrogens is 526 g/mol. The van der Waals surface area contributed by atoms with Gasteiger partial charge in [-0.25, -0.2) is 0 Å². The summed E-state index contributed by atoms with van der Waals surface area (Å²) in [5, 5.41) is 0.591. The third kappa shape index (κ3) is 5.29. The van der Waals surface area contributed by atoms with Gasteiger partial charge in [-0.05, 0) is 60.5 Å². The summed E-state index contributed by atoms with van der Waals surface area (Å²) in [4.78, 5) is 31.6. The van der Waals surface area contributed by atoms with Crippen molar-refractivity contribution in [3.05, 3.63) is 107 Å². The Balaban J connectivity index is 1.55. The Kier molecular flexibility index (Phi) is 8.12. The molecule has 1 aliphatic rings. The van der Waals surface area contributed by atoms with Crippen molar-refractivity contribution in [2.24, 2.45) is 0 Å². The Bertz CT molecular complexity index is 1510. The lowest BCUT2D eigenvalue weighted by Crippen LogP contribution is -2.47. The van der Waals surface area contributed by atoms with E-state index in [2.05, 4.69) is 11.5 Å². The third-order valence-electron chi connectivity index (χ3n) is 7.15. The molecule has 206 valence electrons. The van der Waals surface area contributed by atoms with E-state index in [0.29, 0.717) is 28.6 Å². The minimum atomic E-state index is -0.420. The maximum atomic E-state index is 14.4. The average molecular weight is 558 g/mol. The number of methoxy groups -OCH3 is 2. The first kappa shape index (κ1) is 27.3. The van der Waals surface area contributed by atoms with Gasteiger partial charge in [0.15, 0.2) is 0 Å². The molecule has 5 rings (SSSR count). The zero-order valence-electron chi connectivity index (χ0n) is 22.8. The van der Waals surface area contributed by atoms with Crippen molar-refractivity contribution in [1.29, 1.82) is 0 Å². The summed E-state index contributed by atoms with van der Waals surface area (Å²) in [7, 11) is 3.09. The molecule has 0 saturated carbocycles. The second-order valence-corrected chi connectivity index (χ2v) is 10.1. The minimum Gasteiger partial charge on any atom is -0.497 e.